The van der Waals surface area contributed by atoms with Crippen LogP contribution in [0.15, 0.2) is 73.2 Å². The van der Waals surface area contributed by atoms with Gasteiger partial charge in [0.05, 0.1) is 23.3 Å². The van der Waals surface area contributed by atoms with Gasteiger partial charge in [0.25, 0.3) is 0 Å². The lowest BCUT2D eigenvalue weighted by Gasteiger charge is -2.17. The van der Waals surface area contributed by atoms with Gasteiger partial charge in [-0.25, -0.2) is 9.37 Å². The molecule has 45 heavy (non-hydrogen) atoms. The summed E-state index contributed by atoms with van der Waals surface area (Å²) in [5.74, 6) is 0.0763. The zero-order chi connectivity index (χ0) is 31.7. The van der Waals surface area contributed by atoms with E-state index in [4.69, 9.17) is 4.74 Å². The highest BCUT2D eigenvalue weighted by molar-refractivity contribution is 6.01. The Labute approximate surface area is 260 Å². The number of rotatable bonds is 9. The van der Waals surface area contributed by atoms with Crippen LogP contribution >= 0.6 is 0 Å². The Morgan fingerprint density at radius 3 is 2.60 bits per heavy atom. The van der Waals surface area contributed by atoms with Crippen molar-refractivity contribution in [2.45, 2.75) is 27.2 Å². The Kier molecular flexibility index (Phi) is 8.07. The maximum absolute atomic E-state index is 14.7. The molecule has 4 aromatic heterocycles. The number of H-pyrrole nitrogens is 2. The second-order valence-corrected chi connectivity index (χ2v) is 12.7. The van der Waals surface area contributed by atoms with Gasteiger partial charge in [-0.05, 0) is 67.0 Å². The first-order chi connectivity index (χ1) is 21.5. The van der Waals surface area contributed by atoms with E-state index in [1.165, 1.54) is 12.1 Å². The third-order valence-electron chi connectivity index (χ3n) is 7.38. The fourth-order valence-corrected chi connectivity index (χ4v) is 5.31. The number of aromatic nitrogens is 5. The van der Waals surface area contributed by atoms with Crippen LogP contribution in [0.4, 0.5) is 10.1 Å². The number of aromatic amines is 2. The molecule has 6 rings (SSSR count). The van der Waals surface area contributed by atoms with Crippen molar-refractivity contribution in [3.05, 3.63) is 79.0 Å². The molecule has 0 bridgehead atoms. The van der Waals surface area contributed by atoms with Gasteiger partial charge in [-0.15, -0.1) is 0 Å². The molecule has 2 aromatic carbocycles. The van der Waals surface area contributed by atoms with E-state index in [1.54, 1.807) is 18.6 Å². The van der Waals surface area contributed by atoms with Crippen LogP contribution in [0.1, 0.15) is 27.2 Å². The molecule has 1 amide bonds. The number of halogens is 1. The molecule has 0 atom stereocenters. The fraction of sp³-hybridized carbons (Fsp3) is 0.257. The predicted molar refractivity (Wildman–Crippen MR) is 177 cm³/mol. The van der Waals surface area contributed by atoms with Crippen molar-refractivity contribution in [1.29, 1.82) is 0 Å². The van der Waals surface area contributed by atoms with Crippen molar-refractivity contribution in [2.24, 2.45) is 5.41 Å². The number of hydrogen-bond acceptors (Lipinski definition) is 6. The van der Waals surface area contributed by atoms with Gasteiger partial charge in [0.1, 0.15) is 18.2 Å². The topological polar surface area (TPSA) is 112 Å². The summed E-state index contributed by atoms with van der Waals surface area (Å²) in [5.41, 5.74) is 6.83. The smallest absolute Gasteiger partial charge is 0.224 e. The van der Waals surface area contributed by atoms with Crippen molar-refractivity contribution in [2.75, 3.05) is 32.6 Å². The Morgan fingerprint density at radius 1 is 0.978 bits per heavy atom. The largest absolute Gasteiger partial charge is 0.492 e. The number of anilines is 1. The van der Waals surface area contributed by atoms with Gasteiger partial charge in [-0.2, -0.15) is 5.10 Å². The minimum absolute atomic E-state index is 0.0587. The normalized spacial score (nSPS) is 11.9. The lowest BCUT2D eigenvalue weighted by molar-refractivity contribution is -0.117. The molecule has 230 valence electrons. The van der Waals surface area contributed by atoms with Crippen LogP contribution in [0.5, 0.6) is 5.75 Å². The van der Waals surface area contributed by atoms with Crippen LogP contribution in [0, 0.1) is 11.2 Å². The molecular formula is C35H36FN7O2. The van der Waals surface area contributed by atoms with Crippen LogP contribution in [0.25, 0.3) is 55.6 Å². The standard InChI is InChI=1S/C35H36FN7O2/c1-35(2,3)17-32(44)39-25-12-22(18-37-20-25)23-14-29-33(41-42-34(29)38-19-23)31-16-28-27(7-6-8-30(28)40-31)21-11-24(36)15-26(13-21)45-10-9-43(4)5/h6-8,11-16,18-20,40H,9-10,17H2,1-5H3,(H,39,44)(H,38,41,42). The number of carbonyl (C=O) groups excluding carboxylic acids is 1. The lowest BCUT2D eigenvalue weighted by atomic mass is 9.92. The number of nitrogens with one attached hydrogen (secondary N) is 3. The van der Waals surface area contributed by atoms with Crippen LogP contribution in [0.3, 0.4) is 0 Å². The van der Waals surface area contributed by atoms with E-state index in [2.05, 4.69) is 30.5 Å². The molecule has 10 heteroatoms. The summed E-state index contributed by atoms with van der Waals surface area (Å²) in [6.45, 7) is 7.27. The molecule has 0 aliphatic carbocycles. The van der Waals surface area contributed by atoms with Crippen LogP contribution in [-0.4, -0.2) is 63.2 Å². The summed E-state index contributed by atoms with van der Waals surface area (Å²) in [7, 11) is 3.94. The Bertz CT molecular complexity index is 2010. The van der Waals surface area contributed by atoms with E-state index < -0.39 is 0 Å². The number of likely N-dealkylation sites (N-methyl/N-ethyl adjacent to an activating group) is 1. The number of fused-ring (bicyclic) bond motifs is 2. The van der Waals surface area contributed by atoms with Crippen LogP contribution in [-0.2, 0) is 4.79 Å². The summed E-state index contributed by atoms with van der Waals surface area (Å²) in [4.78, 5) is 27.0. The van der Waals surface area contributed by atoms with Gasteiger partial charge in [0.2, 0.25) is 5.91 Å². The SMILES string of the molecule is CN(C)CCOc1cc(F)cc(-c2cccc3[nH]c(-c4[nH]nc5ncc(-c6cncc(NC(=O)CC(C)(C)C)c6)cc45)cc23)c1. The van der Waals surface area contributed by atoms with Gasteiger partial charge in [0, 0.05) is 58.8 Å². The molecular weight excluding hydrogens is 569 g/mol. The second kappa shape index (κ2) is 12.1. The fourth-order valence-electron chi connectivity index (χ4n) is 5.31. The van der Waals surface area contributed by atoms with E-state index in [-0.39, 0.29) is 17.1 Å². The summed E-state index contributed by atoms with van der Waals surface area (Å²) in [6, 6.07) is 16.7. The molecule has 0 unspecified atom stereocenters. The van der Waals surface area contributed by atoms with Gasteiger partial charge < -0.3 is 19.9 Å². The van der Waals surface area contributed by atoms with Gasteiger partial charge in [0.15, 0.2) is 5.65 Å². The van der Waals surface area contributed by atoms with Crippen molar-refractivity contribution in [3.8, 4) is 39.4 Å². The number of ether oxygens (including phenoxy) is 1. The van der Waals surface area contributed by atoms with Crippen molar-refractivity contribution in [3.63, 3.8) is 0 Å². The summed E-state index contributed by atoms with van der Waals surface area (Å²) in [6.07, 6.45) is 5.53. The minimum atomic E-state index is -0.356. The van der Waals surface area contributed by atoms with Gasteiger partial charge >= 0.3 is 0 Å². The Morgan fingerprint density at radius 2 is 1.80 bits per heavy atom. The average Bonchev–Trinajstić information content (AvgIpc) is 3.59. The number of amides is 1. The van der Waals surface area contributed by atoms with E-state index in [9.17, 15) is 9.18 Å². The van der Waals surface area contributed by atoms with Crippen molar-refractivity contribution >= 4 is 33.5 Å². The zero-order valence-electron chi connectivity index (χ0n) is 26.0. The third kappa shape index (κ3) is 6.86. The number of hydrogen-bond donors (Lipinski definition) is 3. The van der Waals surface area contributed by atoms with Crippen molar-refractivity contribution in [1.82, 2.24) is 30.0 Å². The molecule has 0 spiro atoms. The first kappa shape index (κ1) is 30.0. The monoisotopic (exact) mass is 605 g/mol. The van der Waals surface area contributed by atoms with E-state index in [1.807, 2.05) is 82.2 Å². The average molecular weight is 606 g/mol. The van der Waals surface area contributed by atoms with Crippen molar-refractivity contribution < 1.29 is 13.9 Å². The predicted octanol–water partition coefficient (Wildman–Crippen LogP) is 7.29. The Balaban J connectivity index is 1.33. The second-order valence-electron chi connectivity index (χ2n) is 12.7. The molecule has 0 aliphatic heterocycles. The van der Waals surface area contributed by atoms with Crippen LogP contribution in [0.2, 0.25) is 0 Å². The molecule has 4 heterocycles. The Hall–Kier alpha value is -5.09. The molecule has 6 aromatic rings. The van der Waals surface area contributed by atoms with E-state index >= 15 is 0 Å². The molecule has 0 radical (unpaired) electrons. The summed E-state index contributed by atoms with van der Waals surface area (Å²) < 4.78 is 20.5. The molecule has 0 fully saturated rings. The first-order valence-corrected chi connectivity index (χ1v) is 14.8. The van der Waals surface area contributed by atoms with Gasteiger partial charge in [-0.1, -0.05) is 32.9 Å². The minimum Gasteiger partial charge on any atom is -0.492 e. The number of pyridine rings is 2. The highest BCUT2D eigenvalue weighted by Gasteiger charge is 2.18. The molecule has 3 N–H and O–H groups in total. The molecule has 0 saturated carbocycles. The van der Waals surface area contributed by atoms with E-state index in [0.717, 1.165) is 56.5 Å². The summed E-state index contributed by atoms with van der Waals surface area (Å²) in [5, 5.41) is 12.3. The lowest BCUT2D eigenvalue weighted by Crippen LogP contribution is -2.19. The molecule has 0 aliphatic rings. The molecule has 0 saturated heterocycles. The first-order valence-electron chi connectivity index (χ1n) is 14.8. The molecule has 9 nitrogen and oxygen atoms in total. The highest BCUT2D eigenvalue weighted by Crippen LogP contribution is 2.36. The quantitative estimate of drug-likeness (QED) is 0.160. The third-order valence-corrected chi connectivity index (χ3v) is 7.38. The van der Waals surface area contributed by atoms with Gasteiger partial charge in [-0.3, -0.25) is 14.9 Å². The van der Waals surface area contributed by atoms with Crippen LogP contribution < -0.4 is 10.1 Å². The highest BCUT2D eigenvalue weighted by atomic mass is 19.1. The number of benzene rings is 2. The van der Waals surface area contributed by atoms with E-state index in [0.29, 0.717) is 30.1 Å². The number of nitrogens with zero attached hydrogens (tertiary/aromatic N) is 4. The number of carbonyl (C=O) groups is 1. The zero-order valence-corrected chi connectivity index (χ0v) is 26.0. The summed E-state index contributed by atoms with van der Waals surface area (Å²) >= 11 is 0. The maximum Gasteiger partial charge on any atom is 0.224 e. The maximum atomic E-state index is 14.7.